The molecule has 10 nitrogen and oxygen atoms in total. The number of hydrogen-bond donors (Lipinski definition) is 0. The van der Waals surface area contributed by atoms with E-state index in [1.165, 1.54) is 9.80 Å². The van der Waals surface area contributed by atoms with Crippen molar-refractivity contribution in [2.75, 3.05) is 26.3 Å². The van der Waals surface area contributed by atoms with E-state index in [9.17, 15) is 19.2 Å². The van der Waals surface area contributed by atoms with Crippen molar-refractivity contribution in [2.24, 2.45) is 0 Å². The monoisotopic (exact) mass is 532 g/mol. The summed E-state index contributed by atoms with van der Waals surface area (Å²) in [7, 11) is 0. The maximum absolute atomic E-state index is 12.7. The number of carbonyl (C=O) groups is 4. The SMILES string of the molecule is CC(C)(C)OC(=O)[C@H]1CCCN1C(=O)COc1ccc(OCC(=O)N2CCC[C@@H]2C(=O)OC(C)(C)C)cc1. The van der Waals surface area contributed by atoms with Crippen molar-refractivity contribution in [1.82, 2.24) is 9.80 Å². The van der Waals surface area contributed by atoms with E-state index in [1.807, 2.05) is 0 Å². The molecule has 2 heterocycles. The van der Waals surface area contributed by atoms with Gasteiger partial charge in [0.25, 0.3) is 11.8 Å². The molecule has 0 aliphatic carbocycles. The molecular formula is C28H40N2O8. The van der Waals surface area contributed by atoms with Crippen LogP contribution in [0.15, 0.2) is 24.3 Å². The van der Waals surface area contributed by atoms with Crippen LogP contribution in [0.3, 0.4) is 0 Å². The Morgan fingerprint density at radius 1 is 0.684 bits per heavy atom. The highest BCUT2D eigenvalue weighted by Crippen LogP contribution is 2.24. The van der Waals surface area contributed by atoms with Gasteiger partial charge in [0.1, 0.15) is 34.8 Å². The summed E-state index contributed by atoms with van der Waals surface area (Å²) in [5, 5.41) is 0. The Labute approximate surface area is 224 Å². The Kier molecular flexibility index (Phi) is 9.27. The maximum Gasteiger partial charge on any atom is 0.329 e. The first kappa shape index (κ1) is 29.3. The molecule has 2 amide bonds. The Morgan fingerprint density at radius 3 is 1.34 bits per heavy atom. The van der Waals surface area contributed by atoms with Crippen LogP contribution in [0.4, 0.5) is 0 Å². The Bertz CT molecular complexity index is 928. The first-order chi connectivity index (χ1) is 17.7. The highest BCUT2D eigenvalue weighted by Gasteiger charge is 2.38. The van der Waals surface area contributed by atoms with Crippen molar-refractivity contribution in [1.29, 1.82) is 0 Å². The zero-order valence-electron chi connectivity index (χ0n) is 23.3. The van der Waals surface area contributed by atoms with Gasteiger partial charge in [-0.3, -0.25) is 9.59 Å². The maximum atomic E-state index is 12.7. The summed E-state index contributed by atoms with van der Waals surface area (Å²) in [5.74, 6) is -0.454. The largest absolute Gasteiger partial charge is 0.484 e. The van der Waals surface area contributed by atoms with E-state index in [1.54, 1.807) is 65.8 Å². The summed E-state index contributed by atoms with van der Waals surface area (Å²) < 4.78 is 22.2. The summed E-state index contributed by atoms with van der Waals surface area (Å²) in [6.45, 7) is 11.3. The van der Waals surface area contributed by atoms with Crippen molar-refractivity contribution < 1.29 is 38.1 Å². The lowest BCUT2D eigenvalue weighted by Gasteiger charge is -2.27. The lowest BCUT2D eigenvalue weighted by Crippen LogP contribution is -2.45. The summed E-state index contributed by atoms with van der Waals surface area (Å²) in [6, 6.07) is 5.38. The molecule has 2 saturated heterocycles. The predicted molar refractivity (Wildman–Crippen MR) is 139 cm³/mol. The van der Waals surface area contributed by atoms with Crippen LogP contribution < -0.4 is 9.47 Å². The van der Waals surface area contributed by atoms with E-state index < -0.39 is 35.2 Å². The normalized spacial score (nSPS) is 19.7. The third-order valence-corrected chi connectivity index (χ3v) is 6.05. The second-order valence-electron chi connectivity index (χ2n) is 11.6. The van der Waals surface area contributed by atoms with Gasteiger partial charge >= 0.3 is 11.9 Å². The second-order valence-corrected chi connectivity index (χ2v) is 11.6. The van der Waals surface area contributed by atoms with Crippen LogP contribution in [-0.2, 0) is 28.7 Å². The average Bonchev–Trinajstić information content (AvgIpc) is 3.50. The number of hydrogen-bond acceptors (Lipinski definition) is 8. The molecule has 0 N–H and O–H groups in total. The zero-order valence-corrected chi connectivity index (χ0v) is 23.3. The Morgan fingerprint density at radius 2 is 1.03 bits per heavy atom. The fraction of sp³-hybridized carbons (Fsp3) is 0.643. The number of carbonyl (C=O) groups excluding carboxylic acids is 4. The van der Waals surface area contributed by atoms with Gasteiger partial charge in [-0.15, -0.1) is 0 Å². The van der Waals surface area contributed by atoms with Crippen LogP contribution in [0.25, 0.3) is 0 Å². The highest BCUT2D eigenvalue weighted by molar-refractivity contribution is 5.87. The van der Waals surface area contributed by atoms with Crippen LogP contribution in [0.5, 0.6) is 11.5 Å². The number of likely N-dealkylation sites (tertiary alicyclic amines) is 2. The Balaban J connectivity index is 1.46. The summed E-state index contributed by atoms with van der Waals surface area (Å²) in [6.07, 6.45) is 2.61. The van der Waals surface area contributed by atoms with Gasteiger partial charge < -0.3 is 28.7 Å². The van der Waals surface area contributed by atoms with Gasteiger partial charge in [0.15, 0.2) is 13.2 Å². The van der Waals surface area contributed by atoms with Crippen LogP contribution in [0, 0.1) is 0 Å². The van der Waals surface area contributed by atoms with Gasteiger partial charge in [-0.2, -0.15) is 0 Å². The van der Waals surface area contributed by atoms with Gasteiger partial charge in [0.2, 0.25) is 0 Å². The minimum atomic E-state index is -0.617. The highest BCUT2D eigenvalue weighted by atomic mass is 16.6. The van der Waals surface area contributed by atoms with E-state index in [2.05, 4.69) is 0 Å². The van der Waals surface area contributed by atoms with Gasteiger partial charge in [-0.1, -0.05) is 0 Å². The van der Waals surface area contributed by atoms with E-state index in [4.69, 9.17) is 18.9 Å². The quantitative estimate of drug-likeness (QED) is 0.470. The third-order valence-electron chi connectivity index (χ3n) is 6.05. The molecule has 0 radical (unpaired) electrons. The molecule has 0 bridgehead atoms. The van der Waals surface area contributed by atoms with Crippen molar-refractivity contribution in [2.45, 2.75) is 90.5 Å². The van der Waals surface area contributed by atoms with E-state index >= 15 is 0 Å². The van der Waals surface area contributed by atoms with E-state index in [0.29, 0.717) is 37.4 Å². The van der Waals surface area contributed by atoms with E-state index in [-0.39, 0.29) is 25.0 Å². The molecule has 3 rings (SSSR count). The smallest absolute Gasteiger partial charge is 0.329 e. The third kappa shape index (κ3) is 8.36. The average molecular weight is 533 g/mol. The van der Waals surface area contributed by atoms with Gasteiger partial charge in [0.05, 0.1) is 0 Å². The van der Waals surface area contributed by atoms with Gasteiger partial charge in [-0.25, -0.2) is 9.59 Å². The molecular weight excluding hydrogens is 492 g/mol. The van der Waals surface area contributed by atoms with Crippen molar-refractivity contribution >= 4 is 23.8 Å². The van der Waals surface area contributed by atoms with Crippen molar-refractivity contribution in [3.8, 4) is 11.5 Å². The topological polar surface area (TPSA) is 112 Å². The summed E-state index contributed by atoms with van der Waals surface area (Å²) in [4.78, 5) is 53.4. The fourth-order valence-corrected chi connectivity index (χ4v) is 4.45. The molecule has 2 atom stereocenters. The minimum Gasteiger partial charge on any atom is -0.484 e. The summed E-state index contributed by atoms with van der Waals surface area (Å²) in [5.41, 5.74) is -1.23. The molecule has 2 fully saturated rings. The number of amides is 2. The van der Waals surface area contributed by atoms with Crippen molar-refractivity contribution in [3.05, 3.63) is 24.3 Å². The number of benzene rings is 1. The van der Waals surface area contributed by atoms with Gasteiger partial charge in [0, 0.05) is 13.1 Å². The predicted octanol–water partition coefficient (Wildman–Crippen LogP) is 3.11. The number of ether oxygens (including phenoxy) is 4. The molecule has 1 aromatic carbocycles. The first-order valence-corrected chi connectivity index (χ1v) is 13.1. The number of esters is 2. The van der Waals surface area contributed by atoms with Crippen LogP contribution in [-0.4, -0.2) is 83.1 Å². The summed E-state index contributed by atoms with van der Waals surface area (Å²) >= 11 is 0. The zero-order chi connectivity index (χ0) is 28.1. The van der Waals surface area contributed by atoms with Crippen LogP contribution >= 0.6 is 0 Å². The molecule has 0 saturated carbocycles. The van der Waals surface area contributed by atoms with Crippen LogP contribution in [0.2, 0.25) is 0 Å². The molecule has 0 unspecified atom stereocenters. The molecule has 2 aliphatic rings. The first-order valence-electron chi connectivity index (χ1n) is 13.1. The van der Waals surface area contributed by atoms with Crippen LogP contribution in [0.1, 0.15) is 67.2 Å². The second kappa shape index (κ2) is 12.0. The lowest BCUT2D eigenvalue weighted by atomic mass is 10.1. The molecule has 2 aliphatic heterocycles. The molecule has 1 aromatic rings. The number of nitrogens with zero attached hydrogens (tertiary/aromatic N) is 2. The lowest BCUT2D eigenvalue weighted by molar-refractivity contribution is -0.164. The molecule has 210 valence electrons. The van der Waals surface area contributed by atoms with Crippen molar-refractivity contribution in [3.63, 3.8) is 0 Å². The fourth-order valence-electron chi connectivity index (χ4n) is 4.45. The van der Waals surface area contributed by atoms with Gasteiger partial charge in [-0.05, 0) is 91.5 Å². The molecule has 0 spiro atoms. The Hall–Kier alpha value is -3.30. The van der Waals surface area contributed by atoms with E-state index in [0.717, 1.165) is 12.8 Å². The molecule has 10 heteroatoms. The number of rotatable bonds is 8. The standard InChI is InChI=1S/C28H40N2O8/c1-27(2,3)37-25(33)21-9-7-15-29(21)23(31)17-35-19-11-13-20(14-12-19)36-18-24(32)30-16-8-10-22(30)26(34)38-28(4,5)6/h11-14,21-22H,7-10,15-18H2,1-6H3/t21-,22-/m1/s1. The molecule has 0 aromatic heterocycles. The minimum absolute atomic E-state index is 0.209. The molecule has 38 heavy (non-hydrogen) atoms.